The summed E-state index contributed by atoms with van der Waals surface area (Å²) in [5, 5.41) is 15.0. The number of likely N-dealkylation sites (tertiary alicyclic amines) is 2. The zero-order valence-electron chi connectivity index (χ0n) is 28.0. The van der Waals surface area contributed by atoms with Crippen molar-refractivity contribution >= 4 is 5.97 Å². The van der Waals surface area contributed by atoms with Crippen LogP contribution >= 0.6 is 0 Å². The summed E-state index contributed by atoms with van der Waals surface area (Å²) in [7, 11) is 0. The van der Waals surface area contributed by atoms with E-state index in [-0.39, 0.29) is 11.7 Å². The number of hydrogen-bond acceptors (Lipinski definition) is 5. The summed E-state index contributed by atoms with van der Waals surface area (Å²) >= 11 is 0. The highest BCUT2D eigenvalue weighted by Gasteiger charge is 2.42. The van der Waals surface area contributed by atoms with Gasteiger partial charge in [0, 0.05) is 50.1 Å². The lowest BCUT2D eigenvalue weighted by Crippen LogP contribution is -2.45. The van der Waals surface area contributed by atoms with Crippen molar-refractivity contribution < 1.29 is 27.8 Å². The number of aryl methyl sites for hydroxylation is 2. The van der Waals surface area contributed by atoms with Gasteiger partial charge in [-0.15, -0.1) is 0 Å². The van der Waals surface area contributed by atoms with E-state index in [2.05, 4.69) is 72.5 Å². The van der Waals surface area contributed by atoms with Crippen molar-refractivity contribution in [2.24, 2.45) is 11.8 Å². The summed E-state index contributed by atoms with van der Waals surface area (Å²) in [5.74, 6) is 0.628. The van der Waals surface area contributed by atoms with Crippen LogP contribution in [-0.2, 0) is 17.8 Å². The van der Waals surface area contributed by atoms with Crippen LogP contribution in [0.25, 0.3) is 0 Å². The number of carboxylic acid groups (broad SMARTS) is 1. The maximum absolute atomic E-state index is 12.5. The van der Waals surface area contributed by atoms with Crippen molar-refractivity contribution in [3.8, 4) is 5.75 Å². The van der Waals surface area contributed by atoms with Gasteiger partial charge >= 0.3 is 12.1 Å². The van der Waals surface area contributed by atoms with Crippen LogP contribution in [0.2, 0.25) is 0 Å². The molecule has 10 heteroatoms. The molecule has 5 rings (SSSR count). The Morgan fingerprint density at radius 1 is 1.06 bits per heavy atom. The summed E-state index contributed by atoms with van der Waals surface area (Å²) in [4.78, 5) is 17.2. The molecule has 2 aliphatic heterocycles. The third-order valence-corrected chi connectivity index (χ3v) is 10.1. The second kappa shape index (κ2) is 15.2. The molecular weight excluding hydrogens is 605 g/mol. The molecule has 2 aromatic carbocycles. The van der Waals surface area contributed by atoms with Gasteiger partial charge in [-0.25, -0.2) is 0 Å². The van der Waals surface area contributed by atoms with E-state index in [0.717, 1.165) is 69.8 Å². The molecule has 0 aliphatic carbocycles. The van der Waals surface area contributed by atoms with E-state index >= 15 is 0 Å². The van der Waals surface area contributed by atoms with Gasteiger partial charge in [-0.1, -0.05) is 62.2 Å². The number of aromatic nitrogens is 2. The fraction of sp³-hybridized carbons (Fsp3) is 0.568. The minimum Gasteiger partial charge on any atom is -0.484 e. The van der Waals surface area contributed by atoms with E-state index in [9.17, 15) is 23.1 Å². The Labute approximate surface area is 276 Å². The molecule has 0 spiro atoms. The second-order valence-electron chi connectivity index (χ2n) is 13.6. The number of rotatable bonds is 13. The predicted octanol–water partition coefficient (Wildman–Crippen LogP) is 7.14. The molecule has 0 saturated carbocycles. The number of carboxylic acids is 1. The van der Waals surface area contributed by atoms with Crippen LogP contribution in [0.4, 0.5) is 13.2 Å². The summed E-state index contributed by atoms with van der Waals surface area (Å²) in [5.41, 5.74) is 5.71. The summed E-state index contributed by atoms with van der Waals surface area (Å²) in [6.45, 7) is 12.3. The minimum absolute atomic E-state index is 0.0881. The fourth-order valence-corrected chi connectivity index (χ4v) is 7.55. The lowest BCUT2D eigenvalue weighted by atomic mass is 9.86. The average Bonchev–Trinajstić information content (AvgIpc) is 3.64. The maximum Gasteiger partial charge on any atom is 0.422 e. The van der Waals surface area contributed by atoms with Crippen LogP contribution < -0.4 is 4.74 Å². The van der Waals surface area contributed by atoms with Gasteiger partial charge in [-0.2, -0.15) is 18.3 Å². The molecule has 0 amide bonds. The molecule has 3 heterocycles. The SMILES string of the molecule is CCC(C)C(C(=O)O)N1CC(CN2CCC(c3cc(Cc4ccc(OCC(F)(F)F)cc4)nn3CC)CC2)C(c2cccc(C)c2)C1. The molecular formula is C37H49F3N4O3. The molecule has 3 aromatic rings. The maximum atomic E-state index is 12.5. The number of aliphatic carboxylic acids is 1. The number of nitrogens with zero attached hydrogens (tertiary/aromatic N) is 4. The first kappa shape index (κ1) is 35.0. The number of alkyl halides is 3. The van der Waals surface area contributed by atoms with Gasteiger partial charge in [-0.05, 0) is 80.9 Å². The van der Waals surface area contributed by atoms with Gasteiger partial charge in [0.15, 0.2) is 6.61 Å². The third kappa shape index (κ3) is 8.96. The smallest absolute Gasteiger partial charge is 0.422 e. The number of hydrogen-bond donors (Lipinski definition) is 1. The molecule has 2 fully saturated rings. The zero-order valence-corrected chi connectivity index (χ0v) is 28.0. The highest BCUT2D eigenvalue weighted by molar-refractivity contribution is 5.74. The van der Waals surface area contributed by atoms with Crippen molar-refractivity contribution in [2.75, 3.05) is 39.3 Å². The Kier molecular flexibility index (Phi) is 11.3. The first-order chi connectivity index (χ1) is 22.4. The van der Waals surface area contributed by atoms with E-state index in [1.165, 1.54) is 16.8 Å². The van der Waals surface area contributed by atoms with Crippen LogP contribution in [0.3, 0.4) is 0 Å². The molecule has 47 heavy (non-hydrogen) atoms. The molecule has 256 valence electrons. The third-order valence-electron chi connectivity index (χ3n) is 10.1. The van der Waals surface area contributed by atoms with Gasteiger partial charge in [0.2, 0.25) is 0 Å². The normalized spacial score (nSPS) is 21.2. The molecule has 4 atom stereocenters. The van der Waals surface area contributed by atoms with Crippen molar-refractivity contribution in [1.29, 1.82) is 0 Å². The summed E-state index contributed by atoms with van der Waals surface area (Å²) < 4.78 is 44.4. The van der Waals surface area contributed by atoms with Crippen molar-refractivity contribution in [1.82, 2.24) is 19.6 Å². The fourth-order valence-electron chi connectivity index (χ4n) is 7.55. The largest absolute Gasteiger partial charge is 0.484 e. The van der Waals surface area contributed by atoms with E-state index in [1.54, 1.807) is 24.3 Å². The lowest BCUT2D eigenvalue weighted by Gasteiger charge is -2.35. The van der Waals surface area contributed by atoms with Crippen molar-refractivity contribution in [3.05, 3.63) is 82.7 Å². The minimum atomic E-state index is -4.36. The molecule has 2 saturated heterocycles. The van der Waals surface area contributed by atoms with Gasteiger partial charge < -0.3 is 14.7 Å². The highest BCUT2D eigenvalue weighted by Crippen LogP contribution is 2.38. The Bertz CT molecular complexity index is 1470. The number of carbonyl (C=O) groups is 1. The number of piperidine rings is 1. The standard InChI is InChI=1S/C37H49F3N4O3/c1-5-26(4)35(36(45)46)43-22-30(33(23-43)29-9-7-8-25(3)18-29)21-42-16-14-28(15-17-42)34-20-31(41-44(34)6-2)19-27-10-12-32(13-11-27)47-24-37(38,39)40/h7-13,18,20,26,28,30,33,35H,5-6,14-17,19,21-24H2,1-4H3,(H,45,46). The predicted molar refractivity (Wildman–Crippen MR) is 177 cm³/mol. The molecule has 2 aliphatic rings. The molecule has 7 nitrogen and oxygen atoms in total. The van der Waals surface area contributed by atoms with Crippen LogP contribution in [0, 0.1) is 18.8 Å². The monoisotopic (exact) mass is 654 g/mol. The number of halogens is 3. The number of benzene rings is 2. The van der Waals surface area contributed by atoms with E-state index in [0.29, 0.717) is 24.2 Å². The number of ether oxygens (including phenoxy) is 1. The van der Waals surface area contributed by atoms with Gasteiger partial charge in [0.05, 0.1) is 5.69 Å². The zero-order chi connectivity index (χ0) is 33.7. The molecule has 0 radical (unpaired) electrons. The molecule has 4 unspecified atom stereocenters. The van der Waals surface area contributed by atoms with Crippen LogP contribution in [0.5, 0.6) is 5.75 Å². The molecule has 0 bridgehead atoms. The van der Waals surface area contributed by atoms with E-state index < -0.39 is 24.8 Å². The highest BCUT2D eigenvalue weighted by atomic mass is 19.4. The lowest BCUT2D eigenvalue weighted by molar-refractivity contribution is -0.153. The topological polar surface area (TPSA) is 70.8 Å². The molecule has 1 aromatic heterocycles. The Hall–Kier alpha value is -3.37. The van der Waals surface area contributed by atoms with Crippen LogP contribution in [0.1, 0.15) is 79.9 Å². The average molecular weight is 655 g/mol. The molecule has 1 N–H and O–H groups in total. The van der Waals surface area contributed by atoms with Gasteiger partial charge in [0.25, 0.3) is 0 Å². The Balaban J connectivity index is 1.22. The first-order valence-corrected chi connectivity index (χ1v) is 17.0. The van der Waals surface area contributed by atoms with E-state index in [4.69, 9.17) is 9.84 Å². The summed E-state index contributed by atoms with van der Waals surface area (Å²) in [6, 6.07) is 17.2. The van der Waals surface area contributed by atoms with Gasteiger partial charge in [0.1, 0.15) is 11.8 Å². The van der Waals surface area contributed by atoms with E-state index in [1.807, 2.05) is 0 Å². The van der Waals surface area contributed by atoms with Crippen molar-refractivity contribution in [2.45, 2.75) is 84.0 Å². The van der Waals surface area contributed by atoms with Gasteiger partial charge in [-0.3, -0.25) is 14.4 Å². The first-order valence-electron chi connectivity index (χ1n) is 17.0. The second-order valence-corrected chi connectivity index (χ2v) is 13.6. The Morgan fingerprint density at radius 3 is 2.40 bits per heavy atom. The van der Waals surface area contributed by atoms with Crippen LogP contribution in [-0.4, -0.2) is 82.2 Å². The Morgan fingerprint density at radius 2 is 1.79 bits per heavy atom. The van der Waals surface area contributed by atoms with Crippen LogP contribution in [0.15, 0.2) is 54.6 Å². The quantitative estimate of drug-likeness (QED) is 0.211. The van der Waals surface area contributed by atoms with Crippen molar-refractivity contribution in [3.63, 3.8) is 0 Å². The summed E-state index contributed by atoms with van der Waals surface area (Å²) in [6.07, 6.45) is -0.855.